The van der Waals surface area contributed by atoms with Gasteiger partial charge in [0.05, 0.1) is 5.69 Å². The average molecular weight is 463 g/mol. The van der Waals surface area contributed by atoms with Gasteiger partial charge in [-0.15, -0.1) is 0 Å². The predicted molar refractivity (Wildman–Crippen MR) is 137 cm³/mol. The minimum absolute atomic E-state index is 0.0208. The maximum Gasteiger partial charge on any atom is 0.261 e. The summed E-state index contributed by atoms with van der Waals surface area (Å²) in [6.07, 6.45) is 3.40. The zero-order valence-electron chi connectivity index (χ0n) is 19.7. The monoisotopic (exact) mass is 462 g/mol. The van der Waals surface area contributed by atoms with Gasteiger partial charge in [0.15, 0.2) is 0 Å². The molecule has 35 heavy (non-hydrogen) atoms. The lowest BCUT2D eigenvalue weighted by Gasteiger charge is -2.08. The van der Waals surface area contributed by atoms with Gasteiger partial charge in [-0.05, 0) is 49.8 Å². The molecule has 0 bridgehead atoms. The third-order valence-corrected chi connectivity index (χ3v) is 5.40. The molecule has 0 saturated carbocycles. The van der Waals surface area contributed by atoms with Gasteiger partial charge >= 0.3 is 0 Å². The Morgan fingerprint density at radius 3 is 2.57 bits per heavy atom. The Morgan fingerprint density at radius 2 is 1.86 bits per heavy atom. The van der Waals surface area contributed by atoms with Crippen LogP contribution < -0.4 is 10.1 Å². The number of hydrogen-bond acceptors (Lipinski definition) is 4. The van der Waals surface area contributed by atoms with Gasteiger partial charge in [-0.3, -0.25) is 4.79 Å². The van der Waals surface area contributed by atoms with Crippen LogP contribution in [-0.4, -0.2) is 22.2 Å². The number of nitrogens with one attached hydrogen (secondary N) is 1. The molecule has 0 aliphatic carbocycles. The van der Waals surface area contributed by atoms with Crippen LogP contribution in [0, 0.1) is 18.3 Å². The molecule has 1 aromatic heterocycles. The molecule has 0 radical (unpaired) electrons. The van der Waals surface area contributed by atoms with Crippen LogP contribution in [0.3, 0.4) is 0 Å². The molecule has 0 unspecified atom stereocenters. The number of ether oxygens (including phenoxy) is 1. The normalized spacial score (nSPS) is 11.1. The Balaban J connectivity index is 1.70. The molecular weight excluding hydrogens is 436 g/mol. The number of para-hydroxylation sites is 1. The number of nitrogens with zero attached hydrogens (tertiary/aromatic N) is 3. The van der Waals surface area contributed by atoms with E-state index in [9.17, 15) is 10.1 Å². The lowest BCUT2D eigenvalue weighted by atomic mass is 10.1. The van der Waals surface area contributed by atoms with Crippen molar-refractivity contribution < 1.29 is 9.53 Å². The Hall–Kier alpha value is -4.63. The molecule has 4 aromatic rings. The summed E-state index contributed by atoms with van der Waals surface area (Å²) in [4.78, 5) is 12.3. The van der Waals surface area contributed by atoms with Crippen LogP contribution in [0.25, 0.3) is 23.0 Å². The Kier molecular flexibility index (Phi) is 7.39. The quantitative estimate of drug-likeness (QED) is 0.278. The van der Waals surface area contributed by atoms with Crippen LogP contribution >= 0.6 is 0 Å². The molecule has 1 amide bonds. The zero-order chi connectivity index (χ0) is 24.6. The van der Waals surface area contributed by atoms with E-state index in [4.69, 9.17) is 9.84 Å². The van der Waals surface area contributed by atoms with Crippen LogP contribution in [0.1, 0.15) is 23.6 Å². The largest absolute Gasteiger partial charge is 0.489 e. The van der Waals surface area contributed by atoms with Crippen molar-refractivity contribution in [3.63, 3.8) is 0 Å². The summed E-state index contributed by atoms with van der Waals surface area (Å²) in [7, 11) is 0. The Morgan fingerprint density at radius 1 is 1.09 bits per heavy atom. The molecule has 0 aliphatic heterocycles. The number of hydrogen-bond donors (Lipinski definition) is 1. The first-order valence-electron chi connectivity index (χ1n) is 11.4. The molecule has 1 N–H and O–H groups in total. The number of aromatic nitrogens is 2. The molecule has 6 heteroatoms. The fourth-order valence-corrected chi connectivity index (χ4v) is 3.57. The SMILES string of the molecule is CCNC(=O)C(C#N)=Cc1cn(-c2ccccc2)nc1-c1cccc(OCc2ccc(C)cc2)c1. The van der Waals surface area contributed by atoms with E-state index in [1.165, 1.54) is 5.56 Å². The van der Waals surface area contributed by atoms with Crippen LogP contribution in [-0.2, 0) is 11.4 Å². The van der Waals surface area contributed by atoms with Crippen molar-refractivity contribution >= 4 is 12.0 Å². The summed E-state index contributed by atoms with van der Waals surface area (Å²) < 4.78 is 7.78. The summed E-state index contributed by atoms with van der Waals surface area (Å²) in [6.45, 7) is 4.76. The average Bonchev–Trinajstić information content (AvgIpc) is 3.32. The van der Waals surface area contributed by atoms with E-state index in [2.05, 4.69) is 24.4 Å². The van der Waals surface area contributed by atoms with E-state index in [0.29, 0.717) is 30.2 Å². The first kappa shape index (κ1) is 23.5. The highest BCUT2D eigenvalue weighted by atomic mass is 16.5. The van der Waals surface area contributed by atoms with Gasteiger partial charge in [0.25, 0.3) is 5.91 Å². The van der Waals surface area contributed by atoms with Crippen molar-refractivity contribution in [2.75, 3.05) is 6.54 Å². The van der Waals surface area contributed by atoms with Crippen LogP contribution in [0.2, 0.25) is 0 Å². The maximum absolute atomic E-state index is 12.3. The fourth-order valence-electron chi connectivity index (χ4n) is 3.57. The topological polar surface area (TPSA) is 79.9 Å². The first-order chi connectivity index (χ1) is 17.1. The molecule has 0 saturated heterocycles. The minimum atomic E-state index is -0.413. The molecule has 0 atom stereocenters. The molecule has 4 rings (SSSR count). The smallest absolute Gasteiger partial charge is 0.261 e. The number of benzene rings is 3. The van der Waals surface area contributed by atoms with Crippen molar-refractivity contribution in [3.05, 3.63) is 107 Å². The van der Waals surface area contributed by atoms with Gasteiger partial charge in [0.2, 0.25) is 0 Å². The van der Waals surface area contributed by atoms with E-state index in [0.717, 1.165) is 16.8 Å². The molecule has 0 spiro atoms. The van der Waals surface area contributed by atoms with Crippen molar-refractivity contribution in [2.45, 2.75) is 20.5 Å². The van der Waals surface area contributed by atoms with Crippen molar-refractivity contribution in [3.8, 4) is 28.8 Å². The Labute approximate surface area is 205 Å². The number of nitriles is 1. The number of carbonyl (C=O) groups excluding carboxylic acids is 1. The van der Waals surface area contributed by atoms with Crippen LogP contribution in [0.4, 0.5) is 0 Å². The highest BCUT2D eigenvalue weighted by molar-refractivity contribution is 6.02. The lowest BCUT2D eigenvalue weighted by Crippen LogP contribution is -2.23. The third-order valence-electron chi connectivity index (χ3n) is 5.40. The standard InChI is InChI=1S/C29H26N4O2/c1-3-31-29(34)24(18-30)16-25-19-33(26-9-5-4-6-10-26)32-28(25)23-8-7-11-27(17-23)35-20-22-14-12-21(2)13-15-22/h4-17,19H,3,20H2,1-2H3,(H,31,34). The molecule has 1 heterocycles. The maximum atomic E-state index is 12.3. The fraction of sp³-hybridized carbons (Fsp3) is 0.138. The summed E-state index contributed by atoms with van der Waals surface area (Å²) in [6, 6.07) is 27.6. The van der Waals surface area contributed by atoms with Gasteiger partial charge < -0.3 is 10.1 Å². The van der Waals surface area contributed by atoms with Gasteiger partial charge in [-0.25, -0.2) is 4.68 Å². The second-order valence-corrected chi connectivity index (χ2v) is 8.04. The van der Waals surface area contributed by atoms with E-state index in [-0.39, 0.29) is 5.57 Å². The number of carbonyl (C=O) groups is 1. The summed E-state index contributed by atoms with van der Waals surface area (Å²) in [5.41, 5.74) is 5.30. The zero-order valence-corrected chi connectivity index (χ0v) is 19.7. The minimum Gasteiger partial charge on any atom is -0.489 e. The third kappa shape index (κ3) is 5.84. The first-order valence-corrected chi connectivity index (χ1v) is 11.4. The molecule has 174 valence electrons. The highest BCUT2D eigenvalue weighted by Crippen LogP contribution is 2.29. The number of amides is 1. The second-order valence-electron chi connectivity index (χ2n) is 8.04. The van der Waals surface area contributed by atoms with Gasteiger partial charge in [-0.2, -0.15) is 10.4 Å². The van der Waals surface area contributed by atoms with Crippen LogP contribution in [0.15, 0.2) is 90.6 Å². The Bertz CT molecular complexity index is 1380. The van der Waals surface area contributed by atoms with Crippen molar-refractivity contribution in [2.24, 2.45) is 0 Å². The second kappa shape index (κ2) is 11.0. The van der Waals surface area contributed by atoms with E-state index < -0.39 is 5.91 Å². The lowest BCUT2D eigenvalue weighted by molar-refractivity contribution is -0.116. The summed E-state index contributed by atoms with van der Waals surface area (Å²) in [5.74, 6) is 0.292. The summed E-state index contributed by atoms with van der Waals surface area (Å²) in [5, 5.41) is 17.1. The molecule has 3 aromatic carbocycles. The van der Waals surface area contributed by atoms with Gasteiger partial charge in [-0.1, -0.05) is 60.2 Å². The van der Waals surface area contributed by atoms with Crippen LogP contribution in [0.5, 0.6) is 5.75 Å². The molecular formula is C29H26N4O2. The molecule has 0 aliphatic rings. The van der Waals surface area contributed by atoms with E-state index in [1.54, 1.807) is 10.8 Å². The summed E-state index contributed by atoms with van der Waals surface area (Å²) >= 11 is 0. The van der Waals surface area contributed by atoms with Gasteiger partial charge in [0, 0.05) is 23.9 Å². The molecule has 0 fully saturated rings. The van der Waals surface area contributed by atoms with Crippen molar-refractivity contribution in [1.29, 1.82) is 5.26 Å². The number of rotatable bonds is 8. The number of likely N-dealkylation sites (N-methyl/N-ethyl adjacent to an activating group) is 1. The van der Waals surface area contributed by atoms with E-state index in [1.807, 2.05) is 85.9 Å². The highest BCUT2D eigenvalue weighted by Gasteiger charge is 2.15. The predicted octanol–water partition coefficient (Wildman–Crippen LogP) is 5.47. The molecule has 6 nitrogen and oxygen atoms in total. The van der Waals surface area contributed by atoms with E-state index >= 15 is 0 Å². The van der Waals surface area contributed by atoms with Gasteiger partial charge in [0.1, 0.15) is 29.7 Å². The number of aryl methyl sites for hydroxylation is 1. The van der Waals surface area contributed by atoms with Crippen molar-refractivity contribution in [1.82, 2.24) is 15.1 Å².